The second-order valence-corrected chi connectivity index (χ2v) is 9.76. The van der Waals surface area contributed by atoms with E-state index in [4.69, 9.17) is 9.47 Å². The van der Waals surface area contributed by atoms with E-state index in [-0.39, 0.29) is 5.92 Å². The molecule has 0 aromatic heterocycles. The van der Waals surface area contributed by atoms with Crippen LogP contribution in [0.15, 0.2) is 176 Å². The number of allylic oxidation sites excluding steroid dienone is 1. The summed E-state index contributed by atoms with van der Waals surface area (Å²) in [6, 6.07) is 57.7. The molecule has 0 atom stereocenters. The summed E-state index contributed by atoms with van der Waals surface area (Å²) in [6.07, 6.45) is 2.37. The highest BCUT2D eigenvalue weighted by Crippen LogP contribution is 2.35. The SMILES string of the molecule is C(=C(c1ccc(Oc2ccccc2)cc1)c1ccc(Oc2ccccc2)cc1)C(c1ccccc1)c1ccccc1. The zero-order chi connectivity index (χ0) is 27.7. The maximum atomic E-state index is 6.07. The van der Waals surface area contributed by atoms with Gasteiger partial charge in [0.2, 0.25) is 0 Å². The van der Waals surface area contributed by atoms with Gasteiger partial charge >= 0.3 is 0 Å². The second-order valence-electron chi connectivity index (χ2n) is 9.76. The van der Waals surface area contributed by atoms with Crippen molar-refractivity contribution < 1.29 is 9.47 Å². The molecule has 0 fully saturated rings. The zero-order valence-corrected chi connectivity index (χ0v) is 22.6. The van der Waals surface area contributed by atoms with Crippen LogP contribution in [0.2, 0.25) is 0 Å². The van der Waals surface area contributed by atoms with Gasteiger partial charge in [-0.3, -0.25) is 0 Å². The van der Waals surface area contributed by atoms with Crippen LogP contribution in [0, 0.1) is 0 Å². The first-order valence-corrected chi connectivity index (χ1v) is 13.8. The normalized spacial score (nSPS) is 10.7. The highest BCUT2D eigenvalue weighted by Gasteiger charge is 2.15. The average molecular weight is 531 g/mol. The van der Waals surface area contributed by atoms with Gasteiger partial charge in [-0.25, -0.2) is 0 Å². The second kappa shape index (κ2) is 12.7. The van der Waals surface area contributed by atoms with E-state index >= 15 is 0 Å². The van der Waals surface area contributed by atoms with Crippen molar-refractivity contribution in [2.24, 2.45) is 0 Å². The van der Waals surface area contributed by atoms with Gasteiger partial charge in [0.05, 0.1) is 0 Å². The molecule has 0 aliphatic carbocycles. The highest BCUT2D eigenvalue weighted by molar-refractivity contribution is 5.81. The van der Waals surface area contributed by atoms with E-state index < -0.39 is 0 Å². The minimum Gasteiger partial charge on any atom is -0.457 e. The first kappa shape index (κ1) is 25.9. The average Bonchev–Trinajstić information content (AvgIpc) is 3.05. The summed E-state index contributed by atoms with van der Waals surface area (Å²) in [7, 11) is 0. The molecule has 0 spiro atoms. The van der Waals surface area contributed by atoms with Crippen molar-refractivity contribution in [2.75, 3.05) is 0 Å². The Bertz CT molecular complexity index is 1550. The number of hydrogen-bond acceptors (Lipinski definition) is 2. The Hall–Kier alpha value is -5.34. The molecule has 41 heavy (non-hydrogen) atoms. The molecule has 0 saturated heterocycles. The largest absolute Gasteiger partial charge is 0.457 e. The van der Waals surface area contributed by atoms with E-state index in [1.165, 1.54) is 11.1 Å². The van der Waals surface area contributed by atoms with Crippen molar-refractivity contribution >= 4 is 5.57 Å². The van der Waals surface area contributed by atoms with Crippen molar-refractivity contribution in [2.45, 2.75) is 5.92 Å². The molecule has 0 heterocycles. The smallest absolute Gasteiger partial charge is 0.127 e. The van der Waals surface area contributed by atoms with Gasteiger partial charge in [0.25, 0.3) is 0 Å². The van der Waals surface area contributed by atoms with Gasteiger partial charge in [-0.05, 0) is 76.4 Å². The number of hydrogen-bond donors (Lipinski definition) is 0. The Morgan fingerprint density at radius 3 is 1.05 bits per heavy atom. The maximum Gasteiger partial charge on any atom is 0.127 e. The van der Waals surface area contributed by atoms with Gasteiger partial charge in [-0.1, -0.05) is 127 Å². The summed E-state index contributed by atoms with van der Waals surface area (Å²) >= 11 is 0. The van der Waals surface area contributed by atoms with Gasteiger partial charge in [0.1, 0.15) is 23.0 Å². The summed E-state index contributed by atoms with van der Waals surface area (Å²) in [6.45, 7) is 0. The molecule has 2 heteroatoms. The first-order chi connectivity index (χ1) is 20.3. The van der Waals surface area contributed by atoms with Crippen molar-refractivity contribution in [3.63, 3.8) is 0 Å². The molecule has 2 nitrogen and oxygen atoms in total. The van der Waals surface area contributed by atoms with Gasteiger partial charge in [0, 0.05) is 5.92 Å². The molecular weight excluding hydrogens is 500 g/mol. The number of ether oxygens (including phenoxy) is 2. The minimum absolute atomic E-state index is 0.0768. The maximum absolute atomic E-state index is 6.07. The van der Waals surface area contributed by atoms with Crippen LogP contribution in [0.25, 0.3) is 5.57 Å². The van der Waals surface area contributed by atoms with Crippen molar-refractivity contribution in [3.8, 4) is 23.0 Å². The lowest BCUT2D eigenvalue weighted by Gasteiger charge is -2.18. The lowest BCUT2D eigenvalue weighted by Crippen LogP contribution is -2.00. The lowest BCUT2D eigenvalue weighted by atomic mass is 9.86. The van der Waals surface area contributed by atoms with Crippen LogP contribution in [0.1, 0.15) is 28.2 Å². The van der Waals surface area contributed by atoms with E-state index in [1.807, 2.05) is 84.9 Å². The summed E-state index contributed by atoms with van der Waals surface area (Å²) in [4.78, 5) is 0. The molecule has 0 aliphatic heterocycles. The van der Waals surface area contributed by atoms with Crippen LogP contribution in [0.5, 0.6) is 23.0 Å². The number of benzene rings is 6. The standard InChI is InChI=1S/C39H30O2/c1-5-13-30(14-6-1)38(31-15-7-2-8-16-31)29-39(32-21-25-36(26-22-32)40-34-17-9-3-10-18-34)33-23-27-37(28-24-33)41-35-19-11-4-12-20-35/h1-29,38H. The monoisotopic (exact) mass is 530 g/mol. The Labute approximate surface area is 241 Å². The van der Waals surface area contributed by atoms with Crippen LogP contribution in [-0.2, 0) is 0 Å². The summed E-state index contributed by atoms with van der Waals surface area (Å²) in [5, 5.41) is 0. The van der Waals surface area contributed by atoms with Crippen molar-refractivity contribution in [1.29, 1.82) is 0 Å². The molecule has 6 aromatic carbocycles. The van der Waals surface area contributed by atoms with Gasteiger partial charge in [0.15, 0.2) is 0 Å². The fourth-order valence-electron chi connectivity index (χ4n) is 4.89. The fraction of sp³-hybridized carbons (Fsp3) is 0.0256. The zero-order valence-electron chi connectivity index (χ0n) is 22.6. The summed E-state index contributed by atoms with van der Waals surface area (Å²) in [5.74, 6) is 3.31. The lowest BCUT2D eigenvalue weighted by molar-refractivity contribution is 0.482. The van der Waals surface area contributed by atoms with Gasteiger partial charge in [-0.15, -0.1) is 0 Å². The van der Waals surface area contributed by atoms with E-state index in [1.54, 1.807) is 0 Å². The molecule has 0 radical (unpaired) electrons. The van der Waals surface area contributed by atoms with Crippen LogP contribution in [0.4, 0.5) is 0 Å². The molecule has 0 saturated carbocycles. The minimum atomic E-state index is 0.0768. The number of rotatable bonds is 9. The Balaban J connectivity index is 1.39. The number of para-hydroxylation sites is 2. The summed E-state index contributed by atoms with van der Waals surface area (Å²) < 4.78 is 12.1. The summed E-state index contributed by atoms with van der Waals surface area (Å²) in [5.41, 5.74) is 5.84. The van der Waals surface area contributed by atoms with Crippen LogP contribution in [0.3, 0.4) is 0 Å². The van der Waals surface area contributed by atoms with Gasteiger partial charge < -0.3 is 9.47 Å². The molecule has 0 unspecified atom stereocenters. The van der Waals surface area contributed by atoms with Crippen LogP contribution < -0.4 is 9.47 Å². The third-order valence-corrected chi connectivity index (χ3v) is 6.94. The first-order valence-electron chi connectivity index (χ1n) is 13.8. The Morgan fingerprint density at radius 1 is 0.366 bits per heavy atom. The predicted molar refractivity (Wildman–Crippen MR) is 168 cm³/mol. The van der Waals surface area contributed by atoms with Crippen LogP contribution >= 0.6 is 0 Å². The third kappa shape index (κ3) is 6.63. The molecule has 6 rings (SSSR count). The molecule has 0 N–H and O–H groups in total. The van der Waals surface area contributed by atoms with Crippen molar-refractivity contribution in [3.05, 3.63) is 198 Å². The van der Waals surface area contributed by atoms with E-state index in [0.29, 0.717) is 0 Å². The van der Waals surface area contributed by atoms with E-state index in [0.717, 1.165) is 39.7 Å². The molecular formula is C39H30O2. The quantitative estimate of drug-likeness (QED) is 0.185. The predicted octanol–water partition coefficient (Wildman–Crippen LogP) is 10.5. The van der Waals surface area contributed by atoms with Crippen LogP contribution in [-0.4, -0.2) is 0 Å². The highest BCUT2D eigenvalue weighted by atomic mass is 16.5. The van der Waals surface area contributed by atoms with Gasteiger partial charge in [-0.2, -0.15) is 0 Å². The molecule has 0 aliphatic rings. The van der Waals surface area contributed by atoms with Crippen molar-refractivity contribution in [1.82, 2.24) is 0 Å². The Morgan fingerprint density at radius 2 is 0.683 bits per heavy atom. The third-order valence-electron chi connectivity index (χ3n) is 6.94. The topological polar surface area (TPSA) is 18.5 Å². The Kier molecular flexibility index (Phi) is 8.01. The molecule has 6 aromatic rings. The molecule has 0 bridgehead atoms. The van der Waals surface area contributed by atoms with E-state index in [2.05, 4.69) is 91.0 Å². The van der Waals surface area contributed by atoms with E-state index in [9.17, 15) is 0 Å². The molecule has 0 amide bonds. The molecule has 198 valence electrons. The fourth-order valence-corrected chi connectivity index (χ4v) is 4.89.